The molecule has 0 spiro atoms. The highest BCUT2D eigenvalue weighted by molar-refractivity contribution is 5.71. The number of benzene rings is 1. The topological polar surface area (TPSA) is 102 Å². The van der Waals surface area contributed by atoms with Gasteiger partial charge in [0, 0.05) is 11.7 Å². The number of anilines is 1. The molecule has 0 aliphatic rings. The summed E-state index contributed by atoms with van der Waals surface area (Å²) in [5.74, 6) is -0.963. The normalized spacial score (nSPS) is 12.5. The molecule has 1 aromatic rings. The number of alkyl carbamates (subject to hydrolysis) is 1. The molecule has 0 aliphatic carbocycles. The Morgan fingerprint density at radius 3 is 2.57 bits per heavy atom. The Morgan fingerprint density at radius 1 is 1.35 bits per heavy atom. The van der Waals surface area contributed by atoms with Crippen molar-refractivity contribution < 1.29 is 19.4 Å². The van der Waals surface area contributed by atoms with Crippen LogP contribution in [0.1, 0.15) is 44.7 Å². The van der Waals surface area contributed by atoms with Gasteiger partial charge in [-0.25, -0.2) is 4.79 Å². The lowest BCUT2D eigenvalue weighted by atomic mass is 9.99. The molecule has 4 N–H and O–H groups in total. The predicted octanol–water partition coefficient (Wildman–Crippen LogP) is 2.88. The fourth-order valence-corrected chi connectivity index (χ4v) is 2.20. The smallest absolute Gasteiger partial charge is 0.407 e. The molecule has 1 atom stereocenters. The van der Waals surface area contributed by atoms with E-state index < -0.39 is 23.7 Å². The molecule has 1 rings (SSSR count). The summed E-state index contributed by atoms with van der Waals surface area (Å²) >= 11 is 0. The van der Waals surface area contributed by atoms with E-state index in [1.54, 1.807) is 20.8 Å². The van der Waals surface area contributed by atoms with Gasteiger partial charge in [0.15, 0.2) is 0 Å². The molecule has 1 aromatic carbocycles. The zero-order valence-corrected chi connectivity index (χ0v) is 14.2. The van der Waals surface area contributed by atoms with Crippen LogP contribution in [0.15, 0.2) is 18.2 Å². The lowest BCUT2D eigenvalue weighted by Gasteiger charge is -2.23. The second-order valence-corrected chi connectivity index (χ2v) is 6.67. The quantitative estimate of drug-likeness (QED) is 0.699. The Kier molecular flexibility index (Phi) is 6.42. The molecular weight excluding hydrogens is 296 g/mol. The molecule has 0 bridgehead atoms. The summed E-state index contributed by atoms with van der Waals surface area (Å²) in [4.78, 5) is 22.8. The number of carbonyl (C=O) groups is 2. The number of nitrogens with one attached hydrogen (secondary N) is 1. The number of hydrogen-bond donors (Lipinski definition) is 3. The van der Waals surface area contributed by atoms with Crippen LogP contribution in [0.2, 0.25) is 0 Å². The molecule has 0 saturated carbocycles. The number of carbonyl (C=O) groups excluding carboxylic acids is 1. The van der Waals surface area contributed by atoms with Gasteiger partial charge in [0.2, 0.25) is 0 Å². The summed E-state index contributed by atoms with van der Waals surface area (Å²) in [6, 6.07) is 5.13. The van der Waals surface area contributed by atoms with Crippen LogP contribution in [-0.2, 0) is 16.0 Å². The molecule has 0 aliphatic heterocycles. The molecule has 6 nitrogen and oxygen atoms in total. The van der Waals surface area contributed by atoms with E-state index in [2.05, 4.69) is 5.32 Å². The van der Waals surface area contributed by atoms with Crippen molar-refractivity contribution in [3.8, 4) is 0 Å². The lowest BCUT2D eigenvalue weighted by Crippen LogP contribution is -2.40. The third kappa shape index (κ3) is 7.54. The van der Waals surface area contributed by atoms with Crippen molar-refractivity contribution >= 4 is 17.7 Å². The van der Waals surface area contributed by atoms with E-state index >= 15 is 0 Å². The van der Waals surface area contributed by atoms with Crippen LogP contribution in [0, 0.1) is 6.92 Å². The van der Waals surface area contributed by atoms with Crippen molar-refractivity contribution in [3.05, 3.63) is 29.3 Å². The Labute approximate surface area is 137 Å². The van der Waals surface area contributed by atoms with E-state index in [1.807, 2.05) is 25.1 Å². The molecule has 128 valence electrons. The zero-order valence-electron chi connectivity index (χ0n) is 14.2. The molecule has 0 fully saturated rings. The fourth-order valence-electron chi connectivity index (χ4n) is 2.20. The van der Waals surface area contributed by atoms with E-state index in [4.69, 9.17) is 15.6 Å². The number of ether oxygens (including phenoxy) is 1. The molecule has 0 saturated heterocycles. The van der Waals surface area contributed by atoms with Gasteiger partial charge in [0.25, 0.3) is 0 Å². The number of rotatable bonds is 6. The Bertz CT molecular complexity index is 564. The van der Waals surface area contributed by atoms with Crippen molar-refractivity contribution in [2.24, 2.45) is 0 Å². The third-order valence-electron chi connectivity index (χ3n) is 3.28. The van der Waals surface area contributed by atoms with Gasteiger partial charge in [-0.2, -0.15) is 0 Å². The van der Waals surface area contributed by atoms with Crippen molar-refractivity contribution in [2.45, 2.75) is 58.6 Å². The van der Waals surface area contributed by atoms with Crippen LogP contribution >= 0.6 is 0 Å². The van der Waals surface area contributed by atoms with Gasteiger partial charge in [-0.1, -0.05) is 6.07 Å². The lowest BCUT2D eigenvalue weighted by molar-refractivity contribution is -0.137. The first-order valence-electron chi connectivity index (χ1n) is 7.63. The molecule has 0 aromatic heterocycles. The van der Waals surface area contributed by atoms with Gasteiger partial charge in [-0.15, -0.1) is 0 Å². The minimum absolute atomic E-state index is 0.152. The Hall–Kier alpha value is -2.24. The average Bonchev–Trinajstić information content (AvgIpc) is 2.36. The molecule has 1 amide bonds. The van der Waals surface area contributed by atoms with Crippen molar-refractivity contribution in [1.29, 1.82) is 0 Å². The summed E-state index contributed by atoms with van der Waals surface area (Å²) in [6.45, 7) is 7.25. The zero-order chi connectivity index (χ0) is 17.6. The summed E-state index contributed by atoms with van der Waals surface area (Å²) in [5.41, 5.74) is 7.96. The Balaban J connectivity index is 2.69. The number of hydrogen-bond acceptors (Lipinski definition) is 4. The molecular formula is C17H26N2O4. The Morgan fingerprint density at radius 2 is 2.00 bits per heavy atom. The standard InChI is InChI=1S/C17H26N2O4/c1-11-5-7-13(18)9-12(11)6-8-14(10-15(20)21)19-16(22)23-17(2,3)4/h5,7,9,14H,6,8,10,18H2,1-4H3,(H,19,22)(H,20,21). The van der Waals surface area contributed by atoms with Crippen LogP contribution in [0.5, 0.6) is 0 Å². The maximum absolute atomic E-state index is 11.8. The highest BCUT2D eigenvalue weighted by Crippen LogP contribution is 2.16. The number of amides is 1. The molecule has 23 heavy (non-hydrogen) atoms. The van der Waals surface area contributed by atoms with E-state index in [0.717, 1.165) is 11.1 Å². The van der Waals surface area contributed by atoms with E-state index in [1.165, 1.54) is 0 Å². The maximum Gasteiger partial charge on any atom is 0.407 e. The fraction of sp³-hybridized carbons (Fsp3) is 0.529. The number of nitrogen functional groups attached to an aromatic ring is 1. The monoisotopic (exact) mass is 322 g/mol. The number of carboxylic acids is 1. The van der Waals surface area contributed by atoms with Gasteiger partial charge in [0.1, 0.15) is 5.60 Å². The minimum Gasteiger partial charge on any atom is -0.481 e. The van der Waals surface area contributed by atoms with E-state index in [0.29, 0.717) is 18.5 Å². The molecule has 0 heterocycles. The number of aliphatic carboxylic acids is 1. The van der Waals surface area contributed by atoms with Crippen molar-refractivity contribution in [1.82, 2.24) is 5.32 Å². The van der Waals surface area contributed by atoms with Gasteiger partial charge in [0.05, 0.1) is 6.42 Å². The van der Waals surface area contributed by atoms with Gasteiger partial charge in [-0.3, -0.25) is 4.79 Å². The number of nitrogens with two attached hydrogens (primary N) is 1. The SMILES string of the molecule is Cc1ccc(N)cc1CCC(CC(=O)O)NC(=O)OC(C)(C)C. The van der Waals surface area contributed by atoms with Crippen LogP contribution in [-0.4, -0.2) is 28.8 Å². The minimum atomic E-state index is -0.963. The van der Waals surface area contributed by atoms with Crippen LogP contribution in [0.4, 0.5) is 10.5 Å². The second kappa shape index (κ2) is 7.85. The van der Waals surface area contributed by atoms with Crippen molar-refractivity contribution in [3.63, 3.8) is 0 Å². The van der Waals surface area contributed by atoms with E-state index in [9.17, 15) is 9.59 Å². The molecule has 6 heteroatoms. The first-order chi connectivity index (χ1) is 10.6. The summed E-state index contributed by atoms with van der Waals surface area (Å²) in [6.07, 6.45) is 0.370. The van der Waals surface area contributed by atoms with Crippen LogP contribution in [0.25, 0.3) is 0 Å². The number of carboxylic acid groups (broad SMARTS) is 1. The molecule has 1 unspecified atom stereocenters. The molecule has 0 radical (unpaired) electrons. The van der Waals surface area contributed by atoms with Crippen molar-refractivity contribution in [2.75, 3.05) is 5.73 Å². The summed E-state index contributed by atoms with van der Waals surface area (Å²) in [5, 5.41) is 11.6. The van der Waals surface area contributed by atoms with Gasteiger partial charge in [-0.05, 0) is 63.8 Å². The van der Waals surface area contributed by atoms with Gasteiger partial charge >= 0.3 is 12.1 Å². The first kappa shape index (κ1) is 18.8. The maximum atomic E-state index is 11.8. The third-order valence-corrected chi connectivity index (χ3v) is 3.28. The summed E-state index contributed by atoms with van der Waals surface area (Å²) < 4.78 is 5.18. The second-order valence-electron chi connectivity index (χ2n) is 6.67. The first-order valence-corrected chi connectivity index (χ1v) is 7.63. The largest absolute Gasteiger partial charge is 0.481 e. The highest BCUT2D eigenvalue weighted by atomic mass is 16.6. The predicted molar refractivity (Wildman–Crippen MR) is 89.3 cm³/mol. The average molecular weight is 322 g/mol. The van der Waals surface area contributed by atoms with Gasteiger partial charge < -0.3 is 20.9 Å². The number of aryl methyl sites for hydroxylation is 2. The van der Waals surface area contributed by atoms with E-state index in [-0.39, 0.29) is 6.42 Å². The highest BCUT2D eigenvalue weighted by Gasteiger charge is 2.21. The summed E-state index contributed by atoms with van der Waals surface area (Å²) in [7, 11) is 0. The van der Waals surface area contributed by atoms with Crippen LogP contribution in [0.3, 0.4) is 0 Å². The van der Waals surface area contributed by atoms with Crippen LogP contribution < -0.4 is 11.1 Å².